The van der Waals surface area contributed by atoms with Crippen molar-refractivity contribution in [1.29, 1.82) is 5.41 Å². The van der Waals surface area contributed by atoms with Crippen molar-refractivity contribution >= 4 is 34.2 Å². The Balaban J connectivity index is 1.55. The van der Waals surface area contributed by atoms with Gasteiger partial charge in [0.1, 0.15) is 11.4 Å². The molecule has 0 saturated carbocycles. The second-order valence-electron chi connectivity index (χ2n) is 9.39. The van der Waals surface area contributed by atoms with E-state index in [4.69, 9.17) is 11.1 Å². The van der Waals surface area contributed by atoms with E-state index in [1.165, 1.54) is 15.9 Å². The highest BCUT2D eigenvalue weighted by molar-refractivity contribution is 6.07. The average Bonchev–Trinajstić information content (AvgIpc) is 3.10. The number of benzene rings is 4. The molecule has 190 valence electrons. The first kappa shape index (κ1) is 24.6. The number of urea groups is 1. The van der Waals surface area contributed by atoms with E-state index in [-0.39, 0.29) is 24.6 Å². The van der Waals surface area contributed by atoms with Crippen LogP contribution < -0.4 is 5.73 Å². The molecule has 1 fully saturated rings. The minimum absolute atomic E-state index is 0.0215. The van der Waals surface area contributed by atoms with Crippen LogP contribution in [0.15, 0.2) is 91.0 Å². The number of nitro groups is 1. The standard InChI is InChI=1S/C29H25N5O4/c1-29(24-8-3-2-4-9-24)27(35)32(28(36)33(29)18-22-7-5-6-10-25(22)34(37)38)17-19-11-12-20-13-14-21(26(30)31)16-23(20)15-19/h2-16H,17-18H2,1H3,(H3,30,31). The van der Waals surface area contributed by atoms with E-state index in [1.807, 2.05) is 30.3 Å². The van der Waals surface area contributed by atoms with Gasteiger partial charge in [0, 0.05) is 17.2 Å². The number of amides is 3. The van der Waals surface area contributed by atoms with Gasteiger partial charge in [-0.25, -0.2) is 4.79 Å². The Hall–Kier alpha value is -5.05. The van der Waals surface area contributed by atoms with Gasteiger partial charge in [-0.2, -0.15) is 0 Å². The lowest BCUT2D eigenvalue weighted by Crippen LogP contribution is -2.44. The van der Waals surface area contributed by atoms with Crippen molar-refractivity contribution in [3.63, 3.8) is 0 Å². The van der Waals surface area contributed by atoms with E-state index in [1.54, 1.807) is 61.5 Å². The molecule has 0 aliphatic carbocycles. The summed E-state index contributed by atoms with van der Waals surface area (Å²) < 4.78 is 0. The van der Waals surface area contributed by atoms with Crippen molar-refractivity contribution < 1.29 is 14.5 Å². The quantitative estimate of drug-likeness (QED) is 0.120. The predicted octanol–water partition coefficient (Wildman–Crippen LogP) is 4.91. The van der Waals surface area contributed by atoms with Gasteiger partial charge >= 0.3 is 6.03 Å². The molecule has 1 heterocycles. The lowest BCUT2D eigenvalue weighted by atomic mass is 9.90. The monoisotopic (exact) mass is 507 g/mol. The van der Waals surface area contributed by atoms with Gasteiger partial charge in [0.25, 0.3) is 11.6 Å². The molecule has 1 unspecified atom stereocenters. The minimum Gasteiger partial charge on any atom is -0.384 e. The summed E-state index contributed by atoms with van der Waals surface area (Å²) >= 11 is 0. The van der Waals surface area contributed by atoms with Crippen molar-refractivity contribution in [3.8, 4) is 0 Å². The Bertz CT molecular complexity index is 1600. The number of nitrogens with two attached hydrogens (primary N) is 1. The van der Waals surface area contributed by atoms with Crippen LogP contribution in [-0.2, 0) is 23.4 Å². The number of nitrogens with one attached hydrogen (secondary N) is 1. The van der Waals surface area contributed by atoms with Crippen molar-refractivity contribution in [3.05, 3.63) is 123 Å². The largest absolute Gasteiger partial charge is 0.384 e. The fourth-order valence-corrected chi connectivity index (χ4v) is 4.95. The summed E-state index contributed by atoms with van der Waals surface area (Å²) in [5.74, 6) is -0.462. The smallest absolute Gasteiger partial charge is 0.328 e. The summed E-state index contributed by atoms with van der Waals surface area (Å²) in [5.41, 5.74) is 6.43. The molecule has 0 bridgehead atoms. The highest BCUT2D eigenvalue weighted by atomic mass is 16.6. The summed E-state index contributed by atoms with van der Waals surface area (Å²) in [6.45, 7) is 1.59. The number of nitrogens with zero attached hydrogens (tertiary/aromatic N) is 3. The van der Waals surface area contributed by atoms with Crippen LogP contribution in [0.5, 0.6) is 0 Å². The molecule has 4 aromatic rings. The number of amidine groups is 1. The highest BCUT2D eigenvalue weighted by Gasteiger charge is 2.55. The van der Waals surface area contributed by atoms with E-state index < -0.39 is 22.4 Å². The predicted molar refractivity (Wildman–Crippen MR) is 143 cm³/mol. The first-order valence-corrected chi connectivity index (χ1v) is 12.0. The van der Waals surface area contributed by atoms with E-state index >= 15 is 0 Å². The third kappa shape index (κ3) is 4.13. The average molecular weight is 508 g/mol. The highest BCUT2D eigenvalue weighted by Crippen LogP contribution is 2.40. The Morgan fingerprint density at radius 1 is 0.921 bits per heavy atom. The number of fused-ring (bicyclic) bond motifs is 1. The van der Waals surface area contributed by atoms with Crippen molar-refractivity contribution in [2.24, 2.45) is 5.73 Å². The van der Waals surface area contributed by atoms with Gasteiger partial charge in [-0.05, 0) is 41.0 Å². The van der Waals surface area contributed by atoms with Gasteiger partial charge in [0.05, 0.1) is 18.0 Å². The molecule has 38 heavy (non-hydrogen) atoms. The van der Waals surface area contributed by atoms with Crippen LogP contribution in [0.4, 0.5) is 10.5 Å². The number of para-hydroxylation sites is 1. The Morgan fingerprint density at radius 3 is 2.32 bits per heavy atom. The first-order chi connectivity index (χ1) is 18.2. The van der Waals surface area contributed by atoms with Crippen LogP contribution >= 0.6 is 0 Å². The number of nitro benzene ring substituents is 1. The molecule has 0 spiro atoms. The second kappa shape index (κ2) is 9.44. The molecular weight excluding hydrogens is 482 g/mol. The zero-order valence-electron chi connectivity index (χ0n) is 20.6. The Kier molecular flexibility index (Phi) is 6.12. The number of carbonyl (C=O) groups is 2. The third-order valence-electron chi connectivity index (χ3n) is 7.07. The maximum absolute atomic E-state index is 14.0. The number of imide groups is 1. The van der Waals surface area contributed by atoms with Crippen LogP contribution in [0.2, 0.25) is 0 Å². The molecule has 0 radical (unpaired) electrons. The van der Waals surface area contributed by atoms with Gasteiger partial charge in [0.15, 0.2) is 0 Å². The molecule has 3 N–H and O–H groups in total. The second-order valence-corrected chi connectivity index (χ2v) is 9.39. The summed E-state index contributed by atoms with van der Waals surface area (Å²) in [7, 11) is 0. The zero-order chi connectivity index (χ0) is 27.0. The number of hydrogen-bond donors (Lipinski definition) is 2. The number of hydrogen-bond acceptors (Lipinski definition) is 5. The van der Waals surface area contributed by atoms with Crippen molar-refractivity contribution in [1.82, 2.24) is 9.80 Å². The van der Waals surface area contributed by atoms with Crippen LogP contribution in [0, 0.1) is 15.5 Å². The van der Waals surface area contributed by atoms with E-state index in [2.05, 4.69) is 0 Å². The maximum atomic E-state index is 14.0. The molecule has 1 aliphatic heterocycles. The van der Waals surface area contributed by atoms with Crippen LogP contribution in [0.25, 0.3) is 10.8 Å². The van der Waals surface area contributed by atoms with Crippen LogP contribution in [0.3, 0.4) is 0 Å². The van der Waals surface area contributed by atoms with Gasteiger partial charge < -0.3 is 10.6 Å². The number of rotatable bonds is 7. The Morgan fingerprint density at radius 2 is 1.61 bits per heavy atom. The SMILES string of the molecule is CC1(c2ccccc2)C(=O)N(Cc2ccc3ccc(C(=N)N)cc3c2)C(=O)N1Cc1ccccc1[N+](=O)[O-]. The molecule has 0 aromatic heterocycles. The van der Waals surface area contributed by atoms with Crippen molar-refractivity contribution in [2.45, 2.75) is 25.6 Å². The van der Waals surface area contributed by atoms with Crippen molar-refractivity contribution in [2.75, 3.05) is 0 Å². The lowest BCUT2D eigenvalue weighted by Gasteiger charge is -2.32. The van der Waals surface area contributed by atoms with Gasteiger partial charge in [-0.1, -0.05) is 72.8 Å². The molecule has 3 amide bonds. The van der Waals surface area contributed by atoms with Gasteiger partial charge in [-0.15, -0.1) is 0 Å². The fraction of sp³-hybridized carbons (Fsp3) is 0.138. The molecule has 4 aromatic carbocycles. The van der Waals surface area contributed by atoms with Crippen LogP contribution in [-0.4, -0.2) is 32.5 Å². The van der Waals surface area contributed by atoms with E-state index in [9.17, 15) is 19.7 Å². The summed E-state index contributed by atoms with van der Waals surface area (Å²) in [6.07, 6.45) is 0. The lowest BCUT2D eigenvalue weighted by molar-refractivity contribution is -0.385. The van der Waals surface area contributed by atoms with Crippen LogP contribution in [0.1, 0.15) is 29.2 Å². The minimum atomic E-state index is -1.36. The topological polar surface area (TPSA) is 134 Å². The molecule has 9 nitrogen and oxygen atoms in total. The van der Waals surface area contributed by atoms with E-state index in [0.717, 1.165) is 16.3 Å². The van der Waals surface area contributed by atoms with Gasteiger partial charge in [0.2, 0.25) is 0 Å². The molecule has 1 atom stereocenters. The van der Waals surface area contributed by atoms with Gasteiger partial charge in [-0.3, -0.25) is 25.2 Å². The molecule has 1 saturated heterocycles. The normalized spacial score (nSPS) is 17.3. The van der Waals surface area contributed by atoms with E-state index in [0.29, 0.717) is 16.7 Å². The molecule has 1 aliphatic rings. The Labute approximate surface area is 218 Å². The number of nitrogen functional groups attached to an aromatic ring is 1. The number of carbonyl (C=O) groups excluding carboxylic acids is 2. The third-order valence-corrected chi connectivity index (χ3v) is 7.07. The molecule has 9 heteroatoms. The summed E-state index contributed by atoms with van der Waals surface area (Å²) in [4.78, 5) is 41.5. The summed E-state index contributed by atoms with van der Waals surface area (Å²) in [6, 6.07) is 25.7. The molecule has 5 rings (SSSR count). The zero-order valence-corrected chi connectivity index (χ0v) is 20.6. The summed E-state index contributed by atoms with van der Waals surface area (Å²) in [5, 5.41) is 21.1. The first-order valence-electron chi connectivity index (χ1n) is 12.0. The fourth-order valence-electron chi connectivity index (χ4n) is 4.95. The molecular formula is C29H25N5O4. The maximum Gasteiger partial charge on any atom is 0.328 e.